The molecule has 2 aliphatic rings. The van der Waals surface area contributed by atoms with E-state index >= 15 is 0 Å². The lowest BCUT2D eigenvalue weighted by molar-refractivity contribution is -0.126. The van der Waals surface area contributed by atoms with Crippen molar-refractivity contribution in [3.8, 4) is 0 Å². The van der Waals surface area contributed by atoms with Crippen LogP contribution in [0, 0.1) is 5.92 Å². The summed E-state index contributed by atoms with van der Waals surface area (Å²) in [7, 11) is 1.39. The maximum atomic E-state index is 12.8. The second kappa shape index (κ2) is 6.61. The van der Waals surface area contributed by atoms with Gasteiger partial charge in [0, 0.05) is 12.5 Å². The van der Waals surface area contributed by atoms with Gasteiger partial charge in [-0.3, -0.25) is 4.79 Å². The van der Waals surface area contributed by atoms with Crippen molar-refractivity contribution in [2.75, 3.05) is 13.7 Å². The number of hydrogen-bond acceptors (Lipinski definition) is 4. The van der Waals surface area contributed by atoms with E-state index < -0.39 is 0 Å². The molecule has 1 heterocycles. The van der Waals surface area contributed by atoms with Gasteiger partial charge >= 0.3 is 5.97 Å². The van der Waals surface area contributed by atoms with Crippen LogP contribution in [-0.4, -0.2) is 25.4 Å². The molecule has 4 heteroatoms. The highest BCUT2D eigenvalue weighted by Gasteiger charge is 2.32. The molecule has 1 aromatic rings. The Bertz CT molecular complexity index is 576. The fourth-order valence-electron chi connectivity index (χ4n) is 3.69. The number of ether oxygens (including phenoxy) is 1. The first-order valence-electron chi connectivity index (χ1n) is 8.19. The molecule has 1 atom stereocenters. The van der Waals surface area contributed by atoms with Crippen molar-refractivity contribution in [3.05, 3.63) is 34.9 Å². The van der Waals surface area contributed by atoms with Crippen molar-refractivity contribution < 1.29 is 14.3 Å². The summed E-state index contributed by atoms with van der Waals surface area (Å²) in [4.78, 5) is 24.5. The van der Waals surface area contributed by atoms with E-state index in [2.05, 4.69) is 5.32 Å². The normalized spacial score (nSPS) is 22.0. The maximum absolute atomic E-state index is 12.8. The molecule has 0 spiro atoms. The highest BCUT2D eigenvalue weighted by Crippen LogP contribution is 2.32. The smallest absolute Gasteiger partial charge is 0.337 e. The number of esters is 1. The Labute approximate surface area is 131 Å². The number of benzene rings is 1. The molecule has 1 aliphatic heterocycles. The molecule has 0 saturated heterocycles. The number of ketones is 1. The highest BCUT2D eigenvalue weighted by molar-refractivity contribution is 5.91. The summed E-state index contributed by atoms with van der Waals surface area (Å²) in [5.74, 6) is 0.195. The van der Waals surface area contributed by atoms with Gasteiger partial charge in [-0.25, -0.2) is 4.79 Å². The first-order chi connectivity index (χ1) is 10.7. The number of carbonyl (C=O) groups excluding carboxylic acids is 2. The molecular weight excluding hydrogens is 278 g/mol. The fourth-order valence-corrected chi connectivity index (χ4v) is 3.69. The Kier molecular flexibility index (Phi) is 4.57. The van der Waals surface area contributed by atoms with Crippen molar-refractivity contribution in [2.45, 2.75) is 44.6 Å². The third-order valence-corrected chi connectivity index (χ3v) is 4.91. The van der Waals surface area contributed by atoms with Crippen LogP contribution in [0.3, 0.4) is 0 Å². The van der Waals surface area contributed by atoms with Gasteiger partial charge in [0.05, 0.1) is 18.7 Å². The molecule has 4 nitrogen and oxygen atoms in total. The molecule has 0 bridgehead atoms. The summed E-state index contributed by atoms with van der Waals surface area (Å²) in [6.45, 7) is 0.779. The lowest BCUT2D eigenvalue weighted by atomic mass is 9.80. The number of nitrogens with one attached hydrogen (secondary N) is 1. The molecular formula is C18H23NO3. The zero-order valence-corrected chi connectivity index (χ0v) is 13.1. The van der Waals surface area contributed by atoms with E-state index in [0.29, 0.717) is 11.3 Å². The molecule has 1 aromatic carbocycles. The van der Waals surface area contributed by atoms with Gasteiger partial charge in [-0.05, 0) is 42.5 Å². The number of methoxy groups -OCH3 is 1. The Hall–Kier alpha value is -1.68. The summed E-state index contributed by atoms with van der Waals surface area (Å²) < 4.78 is 4.78. The van der Waals surface area contributed by atoms with Crippen LogP contribution in [0.5, 0.6) is 0 Å². The zero-order valence-electron chi connectivity index (χ0n) is 13.1. The minimum Gasteiger partial charge on any atom is -0.465 e. The van der Waals surface area contributed by atoms with E-state index in [0.717, 1.165) is 49.8 Å². The Morgan fingerprint density at radius 2 is 1.95 bits per heavy atom. The first-order valence-corrected chi connectivity index (χ1v) is 8.19. The third-order valence-electron chi connectivity index (χ3n) is 4.91. The number of hydrogen-bond donors (Lipinski definition) is 1. The van der Waals surface area contributed by atoms with Crippen LogP contribution in [0.2, 0.25) is 0 Å². The molecule has 1 saturated carbocycles. The molecule has 118 valence electrons. The van der Waals surface area contributed by atoms with Crippen molar-refractivity contribution >= 4 is 11.8 Å². The Morgan fingerprint density at radius 3 is 2.68 bits per heavy atom. The van der Waals surface area contributed by atoms with Gasteiger partial charge in [0.15, 0.2) is 5.78 Å². The van der Waals surface area contributed by atoms with Crippen LogP contribution >= 0.6 is 0 Å². The fraction of sp³-hybridized carbons (Fsp3) is 0.556. The lowest BCUT2D eigenvalue weighted by Crippen LogP contribution is -2.38. The molecule has 1 fully saturated rings. The zero-order chi connectivity index (χ0) is 15.5. The topological polar surface area (TPSA) is 55.4 Å². The molecule has 1 N–H and O–H groups in total. The van der Waals surface area contributed by atoms with Gasteiger partial charge in [-0.2, -0.15) is 0 Å². The summed E-state index contributed by atoms with van der Waals surface area (Å²) in [6.07, 6.45) is 6.46. The Balaban J connectivity index is 1.84. The Morgan fingerprint density at radius 1 is 1.18 bits per heavy atom. The van der Waals surface area contributed by atoms with Crippen LogP contribution in [0.25, 0.3) is 0 Å². The molecule has 3 rings (SSSR count). The average molecular weight is 301 g/mol. The second-order valence-corrected chi connectivity index (χ2v) is 6.28. The molecule has 0 aromatic heterocycles. The predicted octanol–water partition coefficient (Wildman–Crippen LogP) is 2.81. The van der Waals surface area contributed by atoms with Crippen molar-refractivity contribution in [3.63, 3.8) is 0 Å². The summed E-state index contributed by atoms with van der Waals surface area (Å²) in [6, 6.07) is 5.35. The quantitative estimate of drug-likeness (QED) is 0.872. The van der Waals surface area contributed by atoms with E-state index in [9.17, 15) is 9.59 Å². The molecule has 1 aliphatic carbocycles. The minimum atomic E-state index is -0.323. The van der Waals surface area contributed by atoms with Crippen LogP contribution in [0.1, 0.15) is 59.6 Å². The second-order valence-electron chi connectivity index (χ2n) is 6.28. The molecule has 1 unspecified atom stereocenters. The number of rotatable bonds is 3. The van der Waals surface area contributed by atoms with Gasteiger partial charge in [0.1, 0.15) is 0 Å². The van der Waals surface area contributed by atoms with Gasteiger partial charge in [-0.15, -0.1) is 0 Å². The highest BCUT2D eigenvalue weighted by atomic mass is 16.5. The van der Waals surface area contributed by atoms with E-state index in [1.54, 1.807) is 6.07 Å². The van der Waals surface area contributed by atoms with Crippen LogP contribution in [-0.2, 0) is 16.0 Å². The van der Waals surface area contributed by atoms with E-state index in [1.165, 1.54) is 13.5 Å². The third kappa shape index (κ3) is 2.93. The maximum Gasteiger partial charge on any atom is 0.337 e. The van der Waals surface area contributed by atoms with Crippen molar-refractivity contribution in [1.29, 1.82) is 0 Å². The summed E-state index contributed by atoms with van der Waals surface area (Å²) in [5, 5.41) is 3.37. The van der Waals surface area contributed by atoms with Crippen molar-refractivity contribution in [2.24, 2.45) is 5.92 Å². The molecule has 0 amide bonds. The van der Waals surface area contributed by atoms with E-state index in [1.807, 2.05) is 12.1 Å². The minimum absolute atomic E-state index is 0.192. The average Bonchev–Trinajstić information content (AvgIpc) is 2.60. The molecule has 0 radical (unpaired) electrons. The first kappa shape index (κ1) is 15.2. The van der Waals surface area contributed by atoms with E-state index in [-0.39, 0.29) is 17.9 Å². The number of fused-ring (bicyclic) bond motifs is 1. The van der Waals surface area contributed by atoms with Crippen LogP contribution in [0.15, 0.2) is 18.2 Å². The van der Waals surface area contributed by atoms with Crippen LogP contribution < -0.4 is 5.32 Å². The van der Waals surface area contributed by atoms with Crippen molar-refractivity contribution in [1.82, 2.24) is 5.32 Å². The van der Waals surface area contributed by atoms with Gasteiger partial charge in [0.25, 0.3) is 0 Å². The van der Waals surface area contributed by atoms with Gasteiger partial charge < -0.3 is 10.1 Å². The number of carbonyl (C=O) groups is 2. The van der Waals surface area contributed by atoms with E-state index in [4.69, 9.17) is 4.74 Å². The van der Waals surface area contributed by atoms with Gasteiger partial charge in [0.2, 0.25) is 0 Å². The van der Waals surface area contributed by atoms with Crippen LogP contribution in [0.4, 0.5) is 0 Å². The summed E-state index contributed by atoms with van der Waals surface area (Å²) >= 11 is 0. The standard InChI is InChI=1S/C18H23NO3/c1-22-18(21)14-7-8-15-13(11-14)9-10-19-16(15)17(20)12-5-3-2-4-6-12/h7-8,11-12,16,19H,2-6,9-10H2,1H3. The number of Topliss-reactive ketones (excluding diaryl/α,β-unsaturated/α-hetero) is 1. The predicted molar refractivity (Wildman–Crippen MR) is 83.8 cm³/mol. The monoisotopic (exact) mass is 301 g/mol. The van der Waals surface area contributed by atoms with Gasteiger partial charge in [-0.1, -0.05) is 25.3 Å². The largest absolute Gasteiger partial charge is 0.465 e. The molecule has 22 heavy (non-hydrogen) atoms. The SMILES string of the molecule is COC(=O)c1ccc2c(c1)CCNC2C(=O)C1CCCCC1. The lowest BCUT2D eigenvalue weighted by Gasteiger charge is -2.30. The summed E-state index contributed by atoms with van der Waals surface area (Å²) in [5.41, 5.74) is 2.69.